The number of fused-ring (bicyclic) bond motifs is 1. The van der Waals surface area contributed by atoms with E-state index in [9.17, 15) is 5.11 Å². The van der Waals surface area contributed by atoms with Crippen molar-refractivity contribution < 1.29 is 5.11 Å². The molecule has 5 nitrogen and oxygen atoms in total. The third kappa shape index (κ3) is 3.14. The van der Waals surface area contributed by atoms with E-state index < -0.39 is 0 Å². The minimum absolute atomic E-state index is 0.214. The Bertz CT molecular complexity index is 590. The summed E-state index contributed by atoms with van der Waals surface area (Å²) >= 11 is 0. The van der Waals surface area contributed by atoms with Crippen molar-refractivity contribution >= 4 is 16.6 Å². The van der Waals surface area contributed by atoms with Crippen LogP contribution >= 0.6 is 0 Å². The van der Waals surface area contributed by atoms with Gasteiger partial charge in [-0.3, -0.25) is 4.90 Å². The summed E-state index contributed by atoms with van der Waals surface area (Å²) in [5.74, 6) is 0.976. The molecule has 1 aromatic heterocycles. The molecule has 2 heterocycles. The zero-order valence-corrected chi connectivity index (χ0v) is 12.4. The van der Waals surface area contributed by atoms with E-state index >= 15 is 0 Å². The molecule has 1 atom stereocenters. The van der Waals surface area contributed by atoms with Crippen LogP contribution in [0.25, 0.3) is 10.8 Å². The van der Waals surface area contributed by atoms with Gasteiger partial charge in [0.15, 0.2) is 5.82 Å². The van der Waals surface area contributed by atoms with Crippen LogP contribution in [0.1, 0.15) is 13.3 Å². The minimum Gasteiger partial charge on any atom is -0.392 e. The van der Waals surface area contributed by atoms with Gasteiger partial charge in [0.1, 0.15) is 0 Å². The molecular weight excluding hydrogens is 264 g/mol. The number of benzene rings is 1. The lowest BCUT2D eigenvalue weighted by Gasteiger charge is -2.36. The predicted molar refractivity (Wildman–Crippen MR) is 84.5 cm³/mol. The fraction of sp³-hybridized carbons (Fsp3) is 0.500. The van der Waals surface area contributed by atoms with E-state index in [1.54, 1.807) is 0 Å². The van der Waals surface area contributed by atoms with E-state index in [4.69, 9.17) is 0 Å². The van der Waals surface area contributed by atoms with Gasteiger partial charge >= 0.3 is 0 Å². The Balaban J connectivity index is 1.71. The zero-order valence-electron chi connectivity index (χ0n) is 12.4. The maximum absolute atomic E-state index is 9.76. The SMILES string of the molecule is CC[C@@H](O)CN1CCN(c2nncc3ccccc23)CC1. The number of hydrogen-bond acceptors (Lipinski definition) is 5. The maximum Gasteiger partial charge on any atom is 0.159 e. The molecule has 0 spiro atoms. The molecule has 0 radical (unpaired) electrons. The van der Waals surface area contributed by atoms with Crippen LogP contribution in [0.5, 0.6) is 0 Å². The summed E-state index contributed by atoms with van der Waals surface area (Å²) in [6.07, 6.45) is 2.41. The first-order chi connectivity index (χ1) is 10.3. The number of piperazine rings is 1. The molecule has 1 N–H and O–H groups in total. The van der Waals surface area contributed by atoms with E-state index in [1.807, 2.05) is 25.3 Å². The second-order valence-electron chi connectivity index (χ2n) is 5.61. The standard InChI is InChI=1S/C16H22N4O/c1-2-14(21)12-19-7-9-20(10-8-19)16-15-6-4-3-5-13(15)11-17-18-16/h3-6,11,14,21H,2,7-10,12H2,1H3/t14-/m1/s1. The smallest absolute Gasteiger partial charge is 0.159 e. The molecule has 0 amide bonds. The van der Waals surface area contributed by atoms with Gasteiger partial charge in [-0.15, -0.1) is 5.10 Å². The molecule has 1 fully saturated rings. The van der Waals surface area contributed by atoms with Gasteiger partial charge in [-0.25, -0.2) is 0 Å². The molecule has 0 aliphatic carbocycles. The van der Waals surface area contributed by atoms with Gasteiger partial charge in [0.2, 0.25) is 0 Å². The normalized spacial score (nSPS) is 18.1. The van der Waals surface area contributed by atoms with Crippen molar-refractivity contribution in [1.29, 1.82) is 0 Å². The summed E-state index contributed by atoms with van der Waals surface area (Å²) in [5.41, 5.74) is 0. The highest BCUT2D eigenvalue weighted by Gasteiger charge is 2.21. The Morgan fingerprint density at radius 1 is 1.19 bits per heavy atom. The molecule has 1 aliphatic rings. The largest absolute Gasteiger partial charge is 0.392 e. The Labute approximate surface area is 125 Å². The number of nitrogens with zero attached hydrogens (tertiary/aromatic N) is 4. The summed E-state index contributed by atoms with van der Waals surface area (Å²) in [7, 11) is 0. The van der Waals surface area contributed by atoms with E-state index in [1.165, 1.54) is 0 Å². The molecular formula is C16H22N4O. The average Bonchev–Trinajstić information content (AvgIpc) is 2.55. The highest BCUT2D eigenvalue weighted by molar-refractivity contribution is 5.91. The fourth-order valence-corrected chi connectivity index (χ4v) is 2.82. The van der Waals surface area contributed by atoms with Crippen LogP contribution in [0, 0.1) is 0 Å². The Morgan fingerprint density at radius 3 is 2.71 bits per heavy atom. The average molecular weight is 286 g/mol. The van der Waals surface area contributed by atoms with Crippen molar-refractivity contribution in [2.45, 2.75) is 19.4 Å². The van der Waals surface area contributed by atoms with Crippen molar-refractivity contribution in [3.8, 4) is 0 Å². The number of anilines is 1. The molecule has 2 aromatic rings. The topological polar surface area (TPSA) is 52.5 Å². The van der Waals surface area contributed by atoms with Crippen molar-refractivity contribution in [1.82, 2.24) is 15.1 Å². The first kappa shape index (κ1) is 14.2. The lowest BCUT2D eigenvalue weighted by Crippen LogP contribution is -2.48. The van der Waals surface area contributed by atoms with E-state index in [2.05, 4.69) is 32.1 Å². The molecule has 1 saturated heterocycles. The number of aliphatic hydroxyl groups is 1. The molecule has 1 aromatic carbocycles. The van der Waals surface area contributed by atoms with Crippen LogP contribution in [-0.2, 0) is 0 Å². The predicted octanol–water partition coefficient (Wildman–Crippen LogP) is 1.52. The Morgan fingerprint density at radius 2 is 1.95 bits per heavy atom. The Hall–Kier alpha value is -1.72. The van der Waals surface area contributed by atoms with Gasteiger partial charge in [0.05, 0.1) is 12.3 Å². The number of rotatable bonds is 4. The van der Waals surface area contributed by atoms with E-state index in [-0.39, 0.29) is 6.10 Å². The van der Waals surface area contributed by atoms with Crippen LogP contribution in [0.15, 0.2) is 30.5 Å². The molecule has 0 unspecified atom stereocenters. The van der Waals surface area contributed by atoms with Crippen LogP contribution < -0.4 is 4.90 Å². The molecule has 0 saturated carbocycles. The fourth-order valence-electron chi connectivity index (χ4n) is 2.82. The third-order valence-corrected chi connectivity index (χ3v) is 4.16. The molecule has 21 heavy (non-hydrogen) atoms. The first-order valence-corrected chi connectivity index (χ1v) is 7.63. The van der Waals surface area contributed by atoms with Crippen LogP contribution in [0.2, 0.25) is 0 Å². The highest BCUT2D eigenvalue weighted by Crippen LogP contribution is 2.24. The van der Waals surface area contributed by atoms with Crippen molar-refractivity contribution in [2.75, 3.05) is 37.6 Å². The summed E-state index contributed by atoms with van der Waals surface area (Å²) in [4.78, 5) is 4.62. The summed E-state index contributed by atoms with van der Waals surface area (Å²) in [6, 6.07) is 8.24. The first-order valence-electron chi connectivity index (χ1n) is 7.63. The van der Waals surface area contributed by atoms with Crippen molar-refractivity contribution in [3.63, 3.8) is 0 Å². The molecule has 1 aliphatic heterocycles. The molecule has 5 heteroatoms. The molecule has 3 rings (SSSR count). The van der Waals surface area contributed by atoms with E-state index in [0.717, 1.165) is 55.7 Å². The summed E-state index contributed by atoms with van der Waals surface area (Å²) in [6.45, 7) is 6.57. The van der Waals surface area contributed by atoms with Crippen LogP contribution in [-0.4, -0.2) is 59.0 Å². The van der Waals surface area contributed by atoms with Crippen molar-refractivity contribution in [3.05, 3.63) is 30.5 Å². The van der Waals surface area contributed by atoms with Crippen LogP contribution in [0.4, 0.5) is 5.82 Å². The zero-order chi connectivity index (χ0) is 14.7. The van der Waals surface area contributed by atoms with E-state index in [0.29, 0.717) is 0 Å². The summed E-state index contributed by atoms with van der Waals surface area (Å²) in [5, 5.41) is 20.5. The lowest BCUT2D eigenvalue weighted by molar-refractivity contribution is 0.106. The van der Waals surface area contributed by atoms with Gasteiger partial charge in [0, 0.05) is 43.5 Å². The second kappa shape index (κ2) is 6.37. The van der Waals surface area contributed by atoms with Gasteiger partial charge in [-0.2, -0.15) is 5.10 Å². The molecule has 112 valence electrons. The van der Waals surface area contributed by atoms with Crippen molar-refractivity contribution in [2.24, 2.45) is 0 Å². The van der Waals surface area contributed by atoms with Gasteiger partial charge < -0.3 is 10.0 Å². The Kier molecular flexibility index (Phi) is 4.31. The van der Waals surface area contributed by atoms with Gasteiger partial charge in [-0.1, -0.05) is 31.2 Å². The molecule has 0 bridgehead atoms. The lowest BCUT2D eigenvalue weighted by atomic mass is 10.1. The number of β-amino-alcohol motifs (C(OH)–C–C–N with tert-alkyl or cyclic N) is 1. The summed E-state index contributed by atoms with van der Waals surface area (Å²) < 4.78 is 0. The van der Waals surface area contributed by atoms with Gasteiger partial charge in [0.25, 0.3) is 0 Å². The number of hydrogen-bond donors (Lipinski definition) is 1. The quantitative estimate of drug-likeness (QED) is 0.923. The van der Waals surface area contributed by atoms with Gasteiger partial charge in [-0.05, 0) is 6.42 Å². The monoisotopic (exact) mass is 286 g/mol. The number of aliphatic hydroxyl groups excluding tert-OH is 1. The highest BCUT2D eigenvalue weighted by atomic mass is 16.3. The minimum atomic E-state index is -0.214. The number of aromatic nitrogens is 2. The third-order valence-electron chi connectivity index (χ3n) is 4.16. The maximum atomic E-state index is 9.76. The van der Waals surface area contributed by atoms with Crippen LogP contribution in [0.3, 0.4) is 0 Å². The second-order valence-corrected chi connectivity index (χ2v) is 5.61.